The van der Waals surface area contributed by atoms with Crippen LogP contribution in [0.1, 0.15) is 23.2 Å². The van der Waals surface area contributed by atoms with Crippen LogP contribution in [0.15, 0.2) is 18.2 Å². The fourth-order valence-corrected chi connectivity index (χ4v) is 2.84. The van der Waals surface area contributed by atoms with E-state index >= 15 is 0 Å². The number of nitrogens with one attached hydrogen (secondary N) is 2. The Kier molecular flexibility index (Phi) is 2.65. The molecule has 17 heavy (non-hydrogen) atoms. The number of rotatable bonds is 2. The van der Waals surface area contributed by atoms with Gasteiger partial charge in [-0.05, 0) is 49.6 Å². The average Bonchev–Trinajstić information content (AvgIpc) is 2.75. The predicted molar refractivity (Wildman–Crippen MR) is 71.1 cm³/mol. The minimum absolute atomic E-state index is 0.614. The first-order valence-corrected chi connectivity index (χ1v) is 6.31. The summed E-state index contributed by atoms with van der Waals surface area (Å²) in [6.07, 6.45) is 3.49. The third-order valence-corrected chi connectivity index (χ3v) is 3.90. The molecule has 0 spiro atoms. The summed E-state index contributed by atoms with van der Waals surface area (Å²) in [4.78, 5) is 3.54. The highest BCUT2D eigenvalue weighted by molar-refractivity contribution is 5.85. The average molecular weight is 229 g/mol. The smallest absolute Gasteiger partial charge is 0.0459 e. The fraction of sp³-hybridized carbons (Fsp3) is 0.429. The van der Waals surface area contributed by atoms with Gasteiger partial charge in [-0.25, -0.2) is 0 Å². The zero-order valence-electron chi connectivity index (χ0n) is 10.2. The van der Waals surface area contributed by atoms with Gasteiger partial charge in [0.25, 0.3) is 0 Å². The maximum absolute atomic E-state index is 5.72. The zero-order valence-corrected chi connectivity index (χ0v) is 10.2. The van der Waals surface area contributed by atoms with E-state index in [1.54, 1.807) is 0 Å². The van der Waals surface area contributed by atoms with Crippen molar-refractivity contribution in [3.05, 3.63) is 35.0 Å². The molecule has 0 saturated heterocycles. The van der Waals surface area contributed by atoms with Crippen LogP contribution < -0.4 is 11.1 Å². The van der Waals surface area contributed by atoms with E-state index in [1.165, 1.54) is 34.1 Å². The van der Waals surface area contributed by atoms with Crippen molar-refractivity contribution >= 4 is 10.9 Å². The molecule has 90 valence electrons. The van der Waals surface area contributed by atoms with E-state index in [-0.39, 0.29) is 0 Å². The Labute approximate surface area is 101 Å². The van der Waals surface area contributed by atoms with Crippen molar-refractivity contribution in [2.45, 2.75) is 31.8 Å². The van der Waals surface area contributed by atoms with Gasteiger partial charge in [-0.3, -0.25) is 0 Å². The number of H-pyrrole nitrogens is 1. The summed E-state index contributed by atoms with van der Waals surface area (Å²) in [5, 5.41) is 4.75. The zero-order chi connectivity index (χ0) is 11.8. The molecule has 0 fully saturated rings. The van der Waals surface area contributed by atoms with E-state index in [0.717, 1.165) is 12.8 Å². The van der Waals surface area contributed by atoms with Crippen LogP contribution in [0.2, 0.25) is 0 Å². The molecule has 1 aliphatic carbocycles. The monoisotopic (exact) mass is 229 g/mol. The van der Waals surface area contributed by atoms with Gasteiger partial charge in [-0.15, -0.1) is 0 Å². The number of benzene rings is 1. The second-order valence-electron chi connectivity index (χ2n) is 4.89. The van der Waals surface area contributed by atoms with Gasteiger partial charge in [0, 0.05) is 29.2 Å². The highest BCUT2D eigenvalue weighted by atomic mass is 14.9. The maximum atomic E-state index is 5.72. The largest absolute Gasteiger partial charge is 0.358 e. The topological polar surface area (TPSA) is 53.8 Å². The van der Waals surface area contributed by atoms with E-state index in [0.29, 0.717) is 12.6 Å². The Morgan fingerprint density at radius 1 is 1.47 bits per heavy atom. The van der Waals surface area contributed by atoms with Crippen molar-refractivity contribution in [2.75, 3.05) is 7.05 Å². The molecule has 1 aliphatic rings. The second kappa shape index (κ2) is 4.17. The summed E-state index contributed by atoms with van der Waals surface area (Å²) in [5.41, 5.74) is 11.1. The van der Waals surface area contributed by atoms with Gasteiger partial charge in [0.05, 0.1) is 0 Å². The summed E-state index contributed by atoms with van der Waals surface area (Å²) in [7, 11) is 2.05. The number of aromatic amines is 1. The van der Waals surface area contributed by atoms with Crippen molar-refractivity contribution in [1.82, 2.24) is 10.3 Å². The lowest BCUT2D eigenvalue weighted by molar-refractivity contribution is 0.495. The van der Waals surface area contributed by atoms with E-state index in [4.69, 9.17) is 5.73 Å². The molecule has 1 heterocycles. The van der Waals surface area contributed by atoms with E-state index in [9.17, 15) is 0 Å². The number of hydrogen-bond donors (Lipinski definition) is 3. The Morgan fingerprint density at radius 2 is 2.35 bits per heavy atom. The molecule has 0 aliphatic heterocycles. The molecule has 2 aromatic rings. The van der Waals surface area contributed by atoms with Gasteiger partial charge in [0.15, 0.2) is 0 Å². The number of aromatic nitrogens is 1. The minimum atomic E-state index is 0.614. The summed E-state index contributed by atoms with van der Waals surface area (Å²) in [5.74, 6) is 0. The summed E-state index contributed by atoms with van der Waals surface area (Å²) in [6, 6.07) is 7.12. The highest BCUT2D eigenvalue weighted by Gasteiger charge is 2.21. The lowest BCUT2D eigenvalue weighted by atomic mass is 9.91. The first kappa shape index (κ1) is 10.8. The van der Waals surface area contributed by atoms with Gasteiger partial charge < -0.3 is 16.0 Å². The van der Waals surface area contributed by atoms with E-state index in [2.05, 4.69) is 35.5 Å². The molecule has 1 aromatic carbocycles. The molecule has 1 unspecified atom stereocenters. The predicted octanol–water partition coefficient (Wildman–Crippen LogP) is 1.70. The van der Waals surface area contributed by atoms with Crippen LogP contribution in [0.5, 0.6) is 0 Å². The van der Waals surface area contributed by atoms with Gasteiger partial charge >= 0.3 is 0 Å². The number of nitrogens with two attached hydrogens (primary N) is 1. The van der Waals surface area contributed by atoms with Crippen LogP contribution in [0.4, 0.5) is 0 Å². The van der Waals surface area contributed by atoms with E-state index < -0.39 is 0 Å². The number of aryl methyl sites for hydroxylation is 1. The Morgan fingerprint density at radius 3 is 3.12 bits per heavy atom. The third-order valence-electron chi connectivity index (χ3n) is 3.90. The van der Waals surface area contributed by atoms with Crippen molar-refractivity contribution in [3.63, 3.8) is 0 Å². The third kappa shape index (κ3) is 1.75. The maximum Gasteiger partial charge on any atom is 0.0459 e. The van der Waals surface area contributed by atoms with Crippen LogP contribution >= 0.6 is 0 Å². The molecular formula is C14H19N3. The van der Waals surface area contributed by atoms with Crippen LogP contribution in [-0.2, 0) is 19.4 Å². The van der Waals surface area contributed by atoms with Crippen LogP contribution in [0.25, 0.3) is 10.9 Å². The Hall–Kier alpha value is -1.32. The van der Waals surface area contributed by atoms with Crippen molar-refractivity contribution in [2.24, 2.45) is 5.73 Å². The quantitative estimate of drug-likeness (QED) is 0.734. The Balaban J connectivity index is 2.12. The Bertz CT molecular complexity index is 542. The second-order valence-corrected chi connectivity index (χ2v) is 4.89. The van der Waals surface area contributed by atoms with Gasteiger partial charge in [-0.2, -0.15) is 0 Å². The van der Waals surface area contributed by atoms with Crippen LogP contribution in [0, 0.1) is 0 Å². The summed E-state index contributed by atoms with van der Waals surface area (Å²) in [6.45, 7) is 0.616. The minimum Gasteiger partial charge on any atom is -0.358 e. The highest BCUT2D eigenvalue weighted by Crippen LogP contribution is 2.29. The summed E-state index contributed by atoms with van der Waals surface area (Å²) >= 11 is 0. The number of fused-ring (bicyclic) bond motifs is 3. The normalized spacial score (nSPS) is 19.5. The SMILES string of the molecule is CNC1CCc2[nH]c3ccc(CN)cc3c2C1. The van der Waals surface area contributed by atoms with Crippen LogP contribution in [-0.4, -0.2) is 18.1 Å². The van der Waals surface area contributed by atoms with Gasteiger partial charge in [0.2, 0.25) is 0 Å². The lowest BCUT2D eigenvalue weighted by Gasteiger charge is -2.21. The molecule has 3 rings (SSSR count). The summed E-state index contributed by atoms with van der Waals surface area (Å²) < 4.78 is 0. The number of likely N-dealkylation sites (N-methyl/N-ethyl adjacent to an activating group) is 1. The first-order chi connectivity index (χ1) is 8.31. The number of hydrogen-bond acceptors (Lipinski definition) is 2. The first-order valence-electron chi connectivity index (χ1n) is 6.31. The molecule has 0 saturated carbocycles. The molecule has 1 aromatic heterocycles. The fourth-order valence-electron chi connectivity index (χ4n) is 2.84. The van der Waals surface area contributed by atoms with Crippen molar-refractivity contribution < 1.29 is 0 Å². The lowest BCUT2D eigenvalue weighted by Crippen LogP contribution is -2.31. The van der Waals surface area contributed by atoms with Crippen molar-refractivity contribution in [1.29, 1.82) is 0 Å². The van der Waals surface area contributed by atoms with Crippen LogP contribution in [0.3, 0.4) is 0 Å². The molecule has 0 radical (unpaired) electrons. The molecule has 1 atom stereocenters. The molecular weight excluding hydrogens is 210 g/mol. The molecule has 3 nitrogen and oxygen atoms in total. The van der Waals surface area contributed by atoms with E-state index in [1.807, 2.05) is 0 Å². The van der Waals surface area contributed by atoms with Gasteiger partial charge in [-0.1, -0.05) is 6.07 Å². The molecule has 4 N–H and O–H groups in total. The molecule has 3 heteroatoms. The van der Waals surface area contributed by atoms with Crippen molar-refractivity contribution in [3.8, 4) is 0 Å². The molecule has 0 amide bonds. The molecule has 0 bridgehead atoms. The standard InChI is InChI=1S/C14H19N3/c1-16-10-3-5-14-12(7-10)11-6-9(8-15)2-4-13(11)17-14/h2,4,6,10,16-17H,3,5,7-8,15H2,1H3. The van der Waals surface area contributed by atoms with Gasteiger partial charge in [0.1, 0.15) is 0 Å².